The van der Waals surface area contributed by atoms with Crippen LogP contribution in [-0.4, -0.2) is 5.96 Å². The molecule has 104 valence electrons. The van der Waals surface area contributed by atoms with E-state index in [0.29, 0.717) is 0 Å². The zero-order valence-electron chi connectivity index (χ0n) is 12.5. The van der Waals surface area contributed by atoms with Crippen LogP contribution in [0.1, 0.15) is 22.3 Å². The van der Waals surface area contributed by atoms with Gasteiger partial charge in [0, 0.05) is 0 Å². The molecule has 0 bridgehead atoms. The van der Waals surface area contributed by atoms with Crippen molar-refractivity contribution in [1.29, 1.82) is 5.41 Å². The average Bonchev–Trinajstić information content (AvgIpc) is 2.34. The molecular formula is C17H21N3. The van der Waals surface area contributed by atoms with E-state index in [2.05, 4.69) is 26.0 Å². The molecule has 0 atom stereocenters. The molecule has 0 heterocycles. The highest BCUT2D eigenvalue weighted by molar-refractivity contribution is 6.01. The number of anilines is 2. The highest BCUT2D eigenvalue weighted by atomic mass is 15.2. The van der Waals surface area contributed by atoms with Gasteiger partial charge in [0.15, 0.2) is 5.96 Å². The van der Waals surface area contributed by atoms with E-state index >= 15 is 0 Å². The summed E-state index contributed by atoms with van der Waals surface area (Å²) >= 11 is 0. The van der Waals surface area contributed by atoms with E-state index in [1.165, 1.54) is 11.1 Å². The Hall–Kier alpha value is -2.29. The Labute approximate surface area is 120 Å². The number of nitrogens with two attached hydrogens (primary N) is 1. The maximum atomic E-state index is 7.93. The van der Waals surface area contributed by atoms with Crippen LogP contribution in [0.2, 0.25) is 0 Å². The number of rotatable bonds is 2. The van der Waals surface area contributed by atoms with Gasteiger partial charge in [0.05, 0.1) is 11.4 Å². The average molecular weight is 267 g/mol. The molecule has 0 fully saturated rings. The van der Waals surface area contributed by atoms with E-state index in [-0.39, 0.29) is 5.96 Å². The van der Waals surface area contributed by atoms with E-state index < -0.39 is 0 Å². The summed E-state index contributed by atoms with van der Waals surface area (Å²) in [5.41, 5.74) is 12.4. The lowest BCUT2D eigenvalue weighted by molar-refractivity contribution is 1.20. The second kappa shape index (κ2) is 5.37. The summed E-state index contributed by atoms with van der Waals surface area (Å²) in [4.78, 5) is 1.80. The van der Waals surface area contributed by atoms with Crippen molar-refractivity contribution in [2.24, 2.45) is 5.73 Å². The molecule has 2 aromatic rings. The van der Waals surface area contributed by atoms with Crippen LogP contribution < -0.4 is 10.6 Å². The minimum absolute atomic E-state index is 0.0314. The molecular weight excluding hydrogens is 246 g/mol. The van der Waals surface area contributed by atoms with Crippen molar-refractivity contribution in [3.05, 3.63) is 58.7 Å². The normalized spacial score (nSPS) is 10.4. The third-order valence-electron chi connectivity index (χ3n) is 3.43. The van der Waals surface area contributed by atoms with Gasteiger partial charge in [-0.3, -0.25) is 10.3 Å². The Morgan fingerprint density at radius 3 is 1.55 bits per heavy atom. The van der Waals surface area contributed by atoms with Gasteiger partial charge in [-0.2, -0.15) is 0 Å². The second-order valence-electron chi connectivity index (χ2n) is 5.30. The van der Waals surface area contributed by atoms with Crippen LogP contribution in [0.15, 0.2) is 36.4 Å². The number of nitrogens with zero attached hydrogens (tertiary/aromatic N) is 1. The van der Waals surface area contributed by atoms with Crippen LogP contribution >= 0.6 is 0 Å². The third-order valence-corrected chi connectivity index (χ3v) is 3.43. The Morgan fingerprint density at radius 1 is 0.850 bits per heavy atom. The standard InChI is InChI=1S/C17H21N3/c1-11-5-7-15(13(3)9-11)20(17(18)19)16-8-6-12(2)10-14(16)4/h5-10H,1-4H3,(H3,18,19). The van der Waals surface area contributed by atoms with Gasteiger partial charge in [-0.25, -0.2) is 0 Å². The van der Waals surface area contributed by atoms with E-state index in [9.17, 15) is 0 Å². The third kappa shape index (κ3) is 2.67. The van der Waals surface area contributed by atoms with Crippen molar-refractivity contribution in [3.63, 3.8) is 0 Å². The van der Waals surface area contributed by atoms with Gasteiger partial charge >= 0.3 is 0 Å². The molecule has 0 aromatic heterocycles. The fourth-order valence-electron chi connectivity index (χ4n) is 2.50. The zero-order valence-corrected chi connectivity index (χ0v) is 12.5. The molecule has 0 aliphatic rings. The predicted molar refractivity (Wildman–Crippen MR) is 85.9 cm³/mol. The molecule has 0 saturated carbocycles. The Balaban J connectivity index is 2.59. The van der Waals surface area contributed by atoms with Crippen molar-refractivity contribution >= 4 is 17.3 Å². The van der Waals surface area contributed by atoms with Gasteiger partial charge in [-0.15, -0.1) is 0 Å². The van der Waals surface area contributed by atoms with Crippen LogP contribution in [0.5, 0.6) is 0 Å². The molecule has 3 nitrogen and oxygen atoms in total. The first kappa shape index (κ1) is 14.1. The first-order valence-electron chi connectivity index (χ1n) is 6.69. The maximum Gasteiger partial charge on any atom is 0.197 e. The van der Waals surface area contributed by atoms with Crippen LogP contribution in [0.4, 0.5) is 11.4 Å². The molecule has 2 rings (SSSR count). The van der Waals surface area contributed by atoms with Crippen molar-refractivity contribution in [1.82, 2.24) is 0 Å². The highest BCUT2D eigenvalue weighted by Gasteiger charge is 2.16. The van der Waals surface area contributed by atoms with Crippen LogP contribution in [0, 0.1) is 33.1 Å². The summed E-state index contributed by atoms with van der Waals surface area (Å²) in [7, 11) is 0. The van der Waals surface area contributed by atoms with Gasteiger partial charge in [0.25, 0.3) is 0 Å². The van der Waals surface area contributed by atoms with E-state index in [4.69, 9.17) is 11.1 Å². The molecule has 0 amide bonds. The lowest BCUT2D eigenvalue weighted by Gasteiger charge is -2.26. The van der Waals surface area contributed by atoms with Crippen LogP contribution in [0.25, 0.3) is 0 Å². The Kier molecular flexibility index (Phi) is 3.79. The van der Waals surface area contributed by atoms with Gasteiger partial charge in [-0.1, -0.05) is 35.4 Å². The lowest BCUT2D eigenvalue weighted by Crippen LogP contribution is -2.33. The van der Waals surface area contributed by atoms with Crippen molar-refractivity contribution in [2.45, 2.75) is 27.7 Å². The van der Waals surface area contributed by atoms with Crippen LogP contribution in [0.3, 0.4) is 0 Å². The topological polar surface area (TPSA) is 53.1 Å². The van der Waals surface area contributed by atoms with Crippen LogP contribution in [-0.2, 0) is 0 Å². The van der Waals surface area contributed by atoms with Gasteiger partial charge in [0.2, 0.25) is 0 Å². The molecule has 3 heteroatoms. The lowest BCUT2D eigenvalue weighted by atomic mass is 10.1. The number of guanidine groups is 1. The summed E-state index contributed by atoms with van der Waals surface area (Å²) < 4.78 is 0. The maximum absolute atomic E-state index is 7.93. The summed E-state index contributed by atoms with van der Waals surface area (Å²) in [6.45, 7) is 8.21. The zero-order chi connectivity index (χ0) is 14.9. The monoisotopic (exact) mass is 267 g/mol. The van der Waals surface area contributed by atoms with E-state index in [1.54, 1.807) is 4.90 Å². The Bertz CT molecular complexity index is 608. The van der Waals surface area contributed by atoms with Gasteiger partial charge < -0.3 is 5.73 Å². The molecule has 0 radical (unpaired) electrons. The Morgan fingerprint density at radius 2 is 1.25 bits per heavy atom. The molecule has 0 unspecified atom stereocenters. The molecule has 20 heavy (non-hydrogen) atoms. The number of hydrogen-bond donors (Lipinski definition) is 2. The van der Waals surface area contributed by atoms with Gasteiger partial charge in [0.1, 0.15) is 0 Å². The number of nitrogens with one attached hydrogen (secondary N) is 1. The number of aryl methyl sites for hydroxylation is 4. The second-order valence-corrected chi connectivity index (χ2v) is 5.30. The molecule has 0 aliphatic heterocycles. The quantitative estimate of drug-likeness (QED) is 0.639. The minimum Gasteiger partial charge on any atom is -0.369 e. The van der Waals surface area contributed by atoms with E-state index in [0.717, 1.165) is 22.5 Å². The summed E-state index contributed by atoms with van der Waals surface area (Å²) in [6.07, 6.45) is 0. The van der Waals surface area contributed by atoms with Crippen molar-refractivity contribution in [2.75, 3.05) is 4.90 Å². The molecule has 0 aliphatic carbocycles. The highest BCUT2D eigenvalue weighted by Crippen LogP contribution is 2.31. The predicted octanol–water partition coefficient (Wildman–Crippen LogP) is 3.95. The smallest absolute Gasteiger partial charge is 0.197 e. The molecule has 0 saturated heterocycles. The number of benzene rings is 2. The SMILES string of the molecule is Cc1ccc(N(C(=N)N)c2ccc(C)cc2C)c(C)c1. The molecule has 3 N–H and O–H groups in total. The van der Waals surface area contributed by atoms with Gasteiger partial charge in [-0.05, 0) is 51.0 Å². The van der Waals surface area contributed by atoms with Crippen molar-refractivity contribution in [3.8, 4) is 0 Å². The molecule has 0 spiro atoms. The fourth-order valence-corrected chi connectivity index (χ4v) is 2.50. The number of hydrogen-bond acceptors (Lipinski definition) is 1. The largest absolute Gasteiger partial charge is 0.369 e. The van der Waals surface area contributed by atoms with Crippen molar-refractivity contribution < 1.29 is 0 Å². The fraction of sp³-hybridized carbons (Fsp3) is 0.235. The summed E-state index contributed by atoms with van der Waals surface area (Å²) in [6, 6.07) is 12.3. The first-order chi connectivity index (χ1) is 9.40. The summed E-state index contributed by atoms with van der Waals surface area (Å²) in [5.74, 6) is 0.0314. The molecule has 2 aromatic carbocycles. The summed E-state index contributed by atoms with van der Waals surface area (Å²) in [5, 5.41) is 7.93. The first-order valence-corrected chi connectivity index (χ1v) is 6.69. The minimum atomic E-state index is 0.0314. The van der Waals surface area contributed by atoms with E-state index in [1.807, 2.05) is 38.1 Å².